The van der Waals surface area contributed by atoms with Crippen LogP contribution < -0.4 is 5.32 Å². The van der Waals surface area contributed by atoms with Crippen molar-refractivity contribution in [1.29, 1.82) is 0 Å². The van der Waals surface area contributed by atoms with E-state index in [-0.39, 0.29) is 5.88 Å². The molecule has 2 aliphatic heterocycles. The Bertz CT molecular complexity index is 1120. The number of aromatic nitrogens is 3. The molecule has 0 bridgehead atoms. The molecule has 5 rings (SSSR count). The van der Waals surface area contributed by atoms with Crippen LogP contribution in [0.3, 0.4) is 0 Å². The molecule has 4 heterocycles. The van der Waals surface area contributed by atoms with Crippen LogP contribution in [-0.2, 0) is 4.74 Å². The summed E-state index contributed by atoms with van der Waals surface area (Å²) in [5, 5.41) is 13.5. The number of ether oxygens (including phenoxy) is 1. The van der Waals surface area contributed by atoms with Crippen LogP contribution in [0.2, 0.25) is 0 Å². The van der Waals surface area contributed by atoms with Gasteiger partial charge >= 0.3 is 0 Å². The van der Waals surface area contributed by atoms with Crippen LogP contribution in [0.25, 0.3) is 22.8 Å². The average Bonchev–Trinajstić information content (AvgIpc) is 3.38. The monoisotopic (exact) mass is 416 g/mol. The summed E-state index contributed by atoms with van der Waals surface area (Å²) in [7, 11) is 0. The number of rotatable bonds is 6. The van der Waals surface area contributed by atoms with Gasteiger partial charge in [-0.25, -0.2) is 9.98 Å². The first-order chi connectivity index (χ1) is 15.3. The van der Waals surface area contributed by atoms with Crippen LogP contribution in [0.1, 0.15) is 11.3 Å². The highest BCUT2D eigenvalue weighted by molar-refractivity contribution is 6.21. The lowest BCUT2D eigenvalue weighted by molar-refractivity contribution is 0.0398. The van der Waals surface area contributed by atoms with Gasteiger partial charge in [-0.3, -0.25) is 4.90 Å². The first-order valence-corrected chi connectivity index (χ1v) is 10.4. The molecule has 1 aromatic carbocycles. The predicted molar refractivity (Wildman–Crippen MR) is 122 cm³/mol. The zero-order valence-electron chi connectivity index (χ0n) is 17.1. The molecule has 2 aliphatic rings. The third kappa shape index (κ3) is 4.35. The molecule has 8 nitrogen and oxygen atoms in total. The van der Waals surface area contributed by atoms with Gasteiger partial charge in [0.15, 0.2) is 5.82 Å². The Balaban J connectivity index is 1.31. The highest BCUT2D eigenvalue weighted by Gasteiger charge is 2.17. The van der Waals surface area contributed by atoms with Gasteiger partial charge in [0, 0.05) is 55.3 Å². The van der Waals surface area contributed by atoms with E-state index >= 15 is 0 Å². The Hall–Kier alpha value is -3.49. The van der Waals surface area contributed by atoms with Gasteiger partial charge in [0.05, 0.1) is 13.2 Å². The van der Waals surface area contributed by atoms with E-state index in [1.807, 2.05) is 30.5 Å². The fourth-order valence-corrected chi connectivity index (χ4v) is 3.75. The number of aromatic hydroxyl groups is 1. The fraction of sp³-hybridized carbons (Fsp3) is 0.261. The number of aliphatic imine (C=N–C) groups is 1. The Kier molecular flexibility index (Phi) is 5.47. The number of H-pyrrole nitrogens is 1. The van der Waals surface area contributed by atoms with Crippen LogP contribution >= 0.6 is 0 Å². The lowest BCUT2D eigenvalue weighted by Crippen LogP contribution is -2.39. The summed E-state index contributed by atoms with van der Waals surface area (Å²) < 4.78 is 5.37. The lowest BCUT2D eigenvalue weighted by Gasteiger charge is -2.26. The number of imidazole rings is 1. The van der Waals surface area contributed by atoms with Crippen molar-refractivity contribution in [2.24, 2.45) is 4.99 Å². The minimum absolute atomic E-state index is 0.0459. The second-order valence-electron chi connectivity index (χ2n) is 7.52. The normalized spacial score (nSPS) is 17.2. The zero-order valence-corrected chi connectivity index (χ0v) is 17.1. The maximum absolute atomic E-state index is 10.3. The summed E-state index contributed by atoms with van der Waals surface area (Å²) in [4.78, 5) is 18.6. The molecule has 1 saturated heterocycles. The van der Waals surface area contributed by atoms with E-state index in [0.717, 1.165) is 61.7 Å². The van der Waals surface area contributed by atoms with Crippen molar-refractivity contribution in [3.63, 3.8) is 0 Å². The van der Waals surface area contributed by atoms with Crippen LogP contribution in [0.15, 0.2) is 47.6 Å². The van der Waals surface area contributed by atoms with Gasteiger partial charge < -0.3 is 20.1 Å². The Morgan fingerprint density at radius 1 is 1.16 bits per heavy atom. The fourth-order valence-electron chi connectivity index (χ4n) is 3.75. The van der Waals surface area contributed by atoms with Crippen molar-refractivity contribution in [3.05, 3.63) is 53.9 Å². The quantitative estimate of drug-likeness (QED) is 0.571. The lowest BCUT2D eigenvalue weighted by atomic mass is 10.0. The number of fused-ring (bicyclic) bond motifs is 1. The summed E-state index contributed by atoms with van der Waals surface area (Å²) in [5.74, 6) is 1.17. The van der Waals surface area contributed by atoms with Crippen LogP contribution in [0.4, 0.5) is 11.8 Å². The SMILES string of the molecule is Oc1nc(NCCN2CCOCC2)[nH]c1C=C1C=Nc2ncc(-c3ccccc3)cc21. The van der Waals surface area contributed by atoms with Gasteiger partial charge in [-0.2, -0.15) is 4.98 Å². The number of hydrogen-bond donors (Lipinski definition) is 3. The Morgan fingerprint density at radius 2 is 2.00 bits per heavy atom. The van der Waals surface area contributed by atoms with Crippen molar-refractivity contribution in [2.45, 2.75) is 0 Å². The molecule has 3 N–H and O–H groups in total. The maximum Gasteiger partial charge on any atom is 0.238 e. The van der Waals surface area contributed by atoms with E-state index in [2.05, 4.69) is 48.4 Å². The minimum atomic E-state index is -0.0459. The summed E-state index contributed by atoms with van der Waals surface area (Å²) in [6.07, 6.45) is 5.44. The zero-order chi connectivity index (χ0) is 21.0. The summed E-state index contributed by atoms with van der Waals surface area (Å²) in [5.41, 5.74) is 4.46. The number of nitrogens with zero attached hydrogens (tertiary/aromatic N) is 4. The van der Waals surface area contributed by atoms with Crippen LogP contribution in [0.5, 0.6) is 5.88 Å². The number of anilines is 1. The van der Waals surface area contributed by atoms with E-state index in [1.165, 1.54) is 0 Å². The molecular formula is C23H24N6O2. The highest BCUT2D eigenvalue weighted by Crippen LogP contribution is 2.34. The van der Waals surface area contributed by atoms with Gasteiger partial charge in [-0.15, -0.1) is 0 Å². The van der Waals surface area contributed by atoms with Crippen LogP contribution in [-0.4, -0.2) is 70.6 Å². The van der Waals surface area contributed by atoms with Gasteiger partial charge in [-0.05, 0) is 17.7 Å². The molecule has 2 aromatic heterocycles. The molecule has 0 amide bonds. The number of aromatic amines is 1. The van der Waals surface area contributed by atoms with Crippen molar-refractivity contribution >= 4 is 29.6 Å². The molecule has 0 atom stereocenters. The molecule has 8 heteroatoms. The van der Waals surface area contributed by atoms with E-state index in [9.17, 15) is 5.11 Å². The molecule has 31 heavy (non-hydrogen) atoms. The topological polar surface area (TPSA) is 98.7 Å². The number of allylic oxidation sites excluding steroid dienone is 1. The Labute approximate surface area is 180 Å². The molecule has 3 aromatic rings. The van der Waals surface area contributed by atoms with Crippen LogP contribution in [0, 0.1) is 0 Å². The largest absolute Gasteiger partial charge is 0.492 e. The molecule has 1 fully saturated rings. The van der Waals surface area contributed by atoms with E-state index in [0.29, 0.717) is 17.5 Å². The molecule has 0 radical (unpaired) electrons. The number of hydrogen-bond acceptors (Lipinski definition) is 7. The maximum atomic E-state index is 10.3. The first-order valence-electron chi connectivity index (χ1n) is 10.4. The molecule has 0 saturated carbocycles. The average molecular weight is 416 g/mol. The second-order valence-corrected chi connectivity index (χ2v) is 7.52. The number of nitrogens with one attached hydrogen (secondary N) is 2. The van der Waals surface area contributed by atoms with Gasteiger partial charge in [-0.1, -0.05) is 30.3 Å². The smallest absolute Gasteiger partial charge is 0.238 e. The molecule has 0 unspecified atom stereocenters. The number of pyridine rings is 1. The standard InChI is InChI=1S/C23H24N6O2/c30-22-20(27-23(28-22)24-6-7-29-8-10-31-11-9-29)13-18-15-26-21-19(18)12-17(14-25-21)16-4-2-1-3-5-16/h1-5,12-15,30H,6-11H2,(H2,24,27,28). The van der Waals surface area contributed by atoms with Crippen molar-refractivity contribution < 1.29 is 9.84 Å². The summed E-state index contributed by atoms with van der Waals surface area (Å²) in [6.45, 7) is 5.08. The molecule has 0 aliphatic carbocycles. The Morgan fingerprint density at radius 3 is 2.84 bits per heavy atom. The van der Waals surface area contributed by atoms with Crippen molar-refractivity contribution in [3.8, 4) is 17.0 Å². The van der Waals surface area contributed by atoms with E-state index in [4.69, 9.17) is 4.74 Å². The second kappa shape index (κ2) is 8.71. The molecular weight excluding hydrogens is 392 g/mol. The highest BCUT2D eigenvalue weighted by atomic mass is 16.5. The van der Waals surface area contributed by atoms with Crippen molar-refractivity contribution in [2.75, 3.05) is 44.7 Å². The number of benzene rings is 1. The predicted octanol–water partition coefficient (Wildman–Crippen LogP) is 3.18. The molecule has 158 valence electrons. The third-order valence-corrected chi connectivity index (χ3v) is 5.45. The molecule has 0 spiro atoms. The van der Waals surface area contributed by atoms with E-state index in [1.54, 1.807) is 6.21 Å². The van der Waals surface area contributed by atoms with Crippen molar-refractivity contribution in [1.82, 2.24) is 19.9 Å². The number of morpholine rings is 1. The summed E-state index contributed by atoms with van der Waals surface area (Å²) in [6, 6.07) is 12.2. The first kappa shape index (κ1) is 19.5. The van der Waals surface area contributed by atoms with E-state index < -0.39 is 0 Å². The van der Waals surface area contributed by atoms with Gasteiger partial charge in [0.1, 0.15) is 5.69 Å². The third-order valence-electron chi connectivity index (χ3n) is 5.45. The minimum Gasteiger partial charge on any atom is -0.492 e. The summed E-state index contributed by atoms with van der Waals surface area (Å²) >= 11 is 0. The van der Waals surface area contributed by atoms with Gasteiger partial charge in [0.25, 0.3) is 0 Å². The van der Waals surface area contributed by atoms with Gasteiger partial charge in [0.2, 0.25) is 11.8 Å².